The van der Waals surface area contributed by atoms with E-state index in [0.717, 1.165) is 66.5 Å². The molecule has 4 rings (SSSR count). The first-order valence-corrected chi connectivity index (χ1v) is 12.2. The van der Waals surface area contributed by atoms with Crippen LogP contribution >= 0.6 is 0 Å². The number of ether oxygens (including phenoxy) is 2. The van der Waals surface area contributed by atoms with Crippen molar-refractivity contribution in [2.45, 2.75) is 72.8 Å². The molecular weight excluding hydrogens is 414 g/mol. The molecule has 2 fully saturated rings. The second-order valence-electron chi connectivity index (χ2n) is 10.6. The molecule has 2 aliphatic rings. The van der Waals surface area contributed by atoms with Crippen LogP contribution in [0.25, 0.3) is 11.3 Å². The highest BCUT2D eigenvalue weighted by molar-refractivity contribution is 5.84. The number of anilines is 1. The Hall–Kier alpha value is -2.63. The van der Waals surface area contributed by atoms with Crippen molar-refractivity contribution in [2.75, 3.05) is 24.6 Å². The van der Waals surface area contributed by atoms with Crippen molar-refractivity contribution in [2.24, 2.45) is 11.3 Å². The number of pyridine rings is 2. The van der Waals surface area contributed by atoms with Gasteiger partial charge in [-0.25, -0.2) is 0 Å². The summed E-state index contributed by atoms with van der Waals surface area (Å²) in [5.41, 5.74) is 5.00. The number of hydrogen-bond donors (Lipinski definition) is 0. The molecule has 1 saturated heterocycles. The van der Waals surface area contributed by atoms with Gasteiger partial charge in [0.25, 0.3) is 0 Å². The lowest BCUT2D eigenvalue weighted by atomic mass is 9.82. The molecule has 6 nitrogen and oxygen atoms in total. The van der Waals surface area contributed by atoms with Gasteiger partial charge in [0.05, 0.1) is 36.7 Å². The standard InChI is InChI=1S/C27H37N3O3/c1-18(2)33-25(31)14-22-19(3)28-16-23(26(22)30-12-10-27(4,5)11-13-30)24-9-8-21(15-29-24)32-17-20-6-7-20/h8-9,15-16,18,20H,6-7,10-14,17H2,1-5H3. The Kier molecular flexibility index (Phi) is 6.91. The Bertz CT molecular complexity index is 971. The van der Waals surface area contributed by atoms with Crippen molar-refractivity contribution < 1.29 is 14.3 Å². The molecule has 0 aromatic carbocycles. The molecule has 1 saturated carbocycles. The van der Waals surface area contributed by atoms with Crippen LogP contribution in [0.4, 0.5) is 5.69 Å². The summed E-state index contributed by atoms with van der Waals surface area (Å²) < 4.78 is 11.4. The first-order valence-electron chi connectivity index (χ1n) is 12.2. The van der Waals surface area contributed by atoms with Crippen molar-refractivity contribution in [3.8, 4) is 17.0 Å². The molecule has 33 heavy (non-hydrogen) atoms. The summed E-state index contributed by atoms with van der Waals surface area (Å²) in [5.74, 6) is 1.28. The highest BCUT2D eigenvalue weighted by atomic mass is 16.5. The summed E-state index contributed by atoms with van der Waals surface area (Å²) in [4.78, 5) is 24.4. The summed E-state index contributed by atoms with van der Waals surface area (Å²) in [6.45, 7) is 13.0. The van der Waals surface area contributed by atoms with Gasteiger partial charge in [-0.2, -0.15) is 0 Å². The number of piperidine rings is 1. The Balaban J connectivity index is 1.67. The number of aryl methyl sites for hydroxylation is 1. The second kappa shape index (κ2) is 9.70. The quantitative estimate of drug-likeness (QED) is 0.503. The molecule has 0 spiro atoms. The predicted molar refractivity (Wildman–Crippen MR) is 131 cm³/mol. The molecule has 0 unspecified atom stereocenters. The summed E-state index contributed by atoms with van der Waals surface area (Å²) >= 11 is 0. The fourth-order valence-corrected chi connectivity index (χ4v) is 4.30. The van der Waals surface area contributed by atoms with Crippen LogP contribution in [-0.2, 0) is 16.0 Å². The van der Waals surface area contributed by atoms with Gasteiger partial charge in [0, 0.05) is 36.1 Å². The Morgan fingerprint density at radius 2 is 1.88 bits per heavy atom. The highest BCUT2D eigenvalue weighted by Crippen LogP contribution is 2.39. The van der Waals surface area contributed by atoms with Crippen LogP contribution in [0.15, 0.2) is 24.5 Å². The molecule has 178 valence electrons. The zero-order valence-corrected chi connectivity index (χ0v) is 20.7. The van der Waals surface area contributed by atoms with Gasteiger partial charge in [0.1, 0.15) is 5.75 Å². The van der Waals surface area contributed by atoms with Gasteiger partial charge < -0.3 is 14.4 Å². The van der Waals surface area contributed by atoms with Crippen LogP contribution in [-0.4, -0.2) is 41.7 Å². The predicted octanol–water partition coefficient (Wildman–Crippen LogP) is 5.36. The largest absolute Gasteiger partial charge is 0.492 e. The molecule has 2 aromatic heterocycles. The molecule has 1 aliphatic carbocycles. The molecule has 0 amide bonds. The Morgan fingerprint density at radius 3 is 2.48 bits per heavy atom. The first-order chi connectivity index (χ1) is 15.7. The summed E-state index contributed by atoms with van der Waals surface area (Å²) in [6.07, 6.45) is 8.50. The van der Waals surface area contributed by atoms with Crippen LogP contribution in [0.2, 0.25) is 0 Å². The number of nitrogens with zero attached hydrogens (tertiary/aromatic N) is 3. The average Bonchev–Trinajstić information content (AvgIpc) is 3.58. The zero-order valence-electron chi connectivity index (χ0n) is 20.7. The number of hydrogen-bond acceptors (Lipinski definition) is 6. The maximum absolute atomic E-state index is 12.6. The highest BCUT2D eigenvalue weighted by Gasteiger charge is 2.30. The van der Waals surface area contributed by atoms with E-state index in [-0.39, 0.29) is 18.5 Å². The fourth-order valence-electron chi connectivity index (χ4n) is 4.30. The number of esters is 1. The molecule has 3 heterocycles. The SMILES string of the molecule is Cc1ncc(-c2ccc(OCC3CC3)cn2)c(N2CCC(C)(C)CC2)c1CC(=O)OC(C)C. The van der Waals surface area contributed by atoms with Crippen LogP contribution < -0.4 is 9.64 Å². The smallest absolute Gasteiger partial charge is 0.310 e. The maximum Gasteiger partial charge on any atom is 0.310 e. The van der Waals surface area contributed by atoms with Crippen LogP contribution in [0.5, 0.6) is 5.75 Å². The van der Waals surface area contributed by atoms with Crippen LogP contribution in [0, 0.1) is 18.3 Å². The maximum atomic E-state index is 12.6. The third kappa shape index (κ3) is 6.04. The van der Waals surface area contributed by atoms with Gasteiger partial charge in [-0.05, 0) is 69.9 Å². The van der Waals surface area contributed by atoms with E-state index in [1.54, 1.807) is 6.20 Å². The van der Waals surface area contributed by atoms with Gasteiger partial charge in [-0.1, -0.05) is 13.8 Å². The van der Waals surface area contributed by atoms with E-state index in [4.69, 9.17) is 14.5 Å². The van der Waals surface area contributed by atoms with E-state index < -0.39 is 0 Å². The van der Waals surface area contributed by atoms with E-state index in [1.807, 2.05) is 39.1 Å². The van der Waals surface area contributed by atoms with Crippen LogP contribution in [0.1, 0.15) is 64.6 Å². The first kappa shape index (κ1) is 23.5. The van der Waals surface area contributed by atoms with E-state index in [0.29, 0.717) is 11.3 Å². The Labute approximate surface area is 197 Å². The van der Waals surface area contributed by atoms with Gasteiger partial charge in [-0.15, -0.1) is 0 Å². The molecule has 0 radical (unpaired) electrons. The average molecular weight is 452 g/mol. The van der Waals surface area contributed by atoms with Crippen molar-refractivity contribution in [3.63, 3.8) is 0 Å². The fraction of sp³-hybridized carbons (Fsp3) is 0.593. The molecule has 0 N–H and O–H groups in total. The third-order valence-corrected chi connectivity index (χ3v) is 6.68. The second-order valence-corrected chi connectivity index (χ2v) is 10.6. The minimum absolute atomic E-state index is 0.141. The van der Waals surface area contributed by atoms with Crippen LogP contribution in [0.3, 0.4) is 0 Å². The lowest BCUT2D eigenvalue weighted by molar-refractivity contribution is -0.146. The Morgan fingerprint density at radius 1 is 1.15 bits per heavy atom. The third-order valence-electron chi connectivity index (χ3n) is 6.68. The molecule has 1 aliphatic heterocycles. The molecule has 0 atom stereocenters. The summed E-state index contributed by atoms with van der Waals surface area (Å²) in [7, 11) is 0. The minimum Gasteiger partial charge on any atom is -0.492 e. The van der Waals surface area contributed by atoms with Gasteiger partial charge >= 0.3 is 5.97 Å². The molecule has 0 bridgehead atoms. The molecule has 6 heteroatoms. The lowest BCUT2D eigenvalue weighted by Gasteiger charge is -2.40. The van der Waals surface area contributed by atoms with E-state index in [1.165, 1.54) is 12.8 Å². The molecule has 2 aromatic rings. The van der Waals surface area contributed by atoms with Crippen molar-refractivity contribution in [1.82, 2.24) is 9.97 Å². The summed E-state index contributed by atoms with van der Waals surface area (Å²) in [6, 6.07) is 3.99. The van der Waals surface area contributed by atoms with Gasteiger partial charge in [0.15, 0.2) is 0 Å². The minimum atomic E-state index is -0.220. The topological polar surface area (TPSA) is 64.6 Å². The van der Waals surface area contributed by atoms with Gasteiger partial charge in [0.2, 0.25) is 0 Å². The van der Waals surface area contributed by atoms with Crippen molar-refractivity contribution in [3.05, 3.63) is 35.8 Å². The monoisotopic (exact) mass is 451 g/mol. The van der Waals surface area contributed by atoms with Crippen molar-refractivity contribution in [1.29, 1.82) is 0 Å². The van der Waals surface area contributed by atoms with E-state index in [2.05, 4.69) is 23.7 Å². The van der Waals surface area contributed by atoms with Gasteiger partial charge in [-0.3, -0.25) is 14.8 Å². The van der Waals surface area contributed by atoms with Crippen molar-refractivity contribution >= 4 is 11.7 Å². The normalized spacial score (nSPS) is 17.8. The zero-order chi connectivity index (χ0) is 23.6. The van der Waals surface area contributed by atoms with E-state index in [9.17, 15) is 4.79 Å². The molecular formula is C27H37N3O3. The number of carbonyl (C=O) groups excluding carboxylic acids is 1. The lowest BCUT2D eigenvalue weighted by Crippen LogP contribution is -2.38. The number of rotatable bonds is 8. The summed E-state index contributed by atoms with van der Waals surface area (Å²) in [5, 5.41) is 0. The van der Waals surface area contributed by atoms with E-state index >= 15 is 0 Å². The number of carbonyl (C=O) groups is 1. The number of aromatic nitrogens is 2.